The van der Waals surface area contributed by atoms with Crippen molar-refractivity contribution < 1.29 is 17.6 Å². The molecule has 0 spiro atoms. The number of rotatable bonds is 4. The lowest BCUT2D eigenvalue weighted by Gasteiger charge is -2.18. The number of alkyl halides is 3. The number of hydrazine groups is 1. The fourth-order valence-corrected chi connectivity index (χ4v) is 1.93. The molecule has 0 aromatic heterocycles. The molecule has 96 valence electrons. The Bertz CT molecular complexity index is 381. The maximum atomic E-state index is 12.8. The van der Waals surface area contributed by atoms with E-state index in [4.69, 9.17) is 5.84 Å². The highest BCUT2D eigenvalue weighted by molar-refractivity contribution is 9.10. The van der Waals surface area contributed by atoms with Crippen LogP contribution in [0, 0.1) is 5.82 Å². The van der Waals surface area contributed by atoms with Crippen LogP contribution in [0.1, 0.15) is 12.0 Å². The average molecular weight is 315 g/mol. The first-order valence-corrected chi connectivity index (χ1v) is 5.58. The summed E-state index contributed by atoms with van der Waals surface area (Å²) in [5.41, 5.74) is 2.68. The SMILES string of the molecule is NNC(Cc1ccc(F)cc1Br)CC(F)(F)F. The Morgan fingerprint density at radius 1 is 1.35 bits per heavy atom. The summed E-state index contributed by atoms with van der Waals surface area (Å²) < 4.78 is 49.8. The third-order valence-electron chi connectivity index (χ3n) is 2.19. The molecule has 1 rings (SSSR count). The van der Waals surface area contributed by atoms with Gasteiger partial charge in [0.05, 0.1) is 6.42 Å². The van der Waals surface area contributed by atoms with E-state index in [-0.39, 0.29) is 6.42 Å². The monoisotopic (exact) mass is 314 g/mol. The lowest BCUT2D eigenvalue weighted by atomic mass is 10.0. The Balaban J connectivity index is 2.74. The third-order valence-corrected chi connectivity index (χ3v) is 2.93. The minimum atomic E-state index is -4.29. The lowest BCUT2D eigenvalue weighted by Crippen LogP contribution is -2.40. The second-order valence-corrected chi connectivity index (χ2v) is 4.48. The van der Waals surface area contributed by atoms with Gasteiger partial charge in [0.1, 0.15) is 5.82 Å². The molecule has 0 radical (unpaired) electrons. The van der Waals surface area contributed by atoms with Crippen LogP contribution in [0.25, 0.3) is 0 Å². The molecular weight excluding hydrogens is 304 g/mol. The summed E-state index contributed by atoms with van der Waals surface area (Å²) in [6.07, 6.45) is -5.26. The van der Waals surface area contributed by atoms with E-state index >= 15 is 0 Å². The van der Waals surface area contributed by atoms with E-state index in [1.807, 2.05) is 0 Å². The van der Waals surface area contributed by atoms with E-state index in [0.717, 1.165) is 0 Å². The Labute approximate surface area is 104 Å². The maximum absolute atomic E-state index is 12.8. The molecule has 0 bridgehead atoms. The van der Waals surface area contributed by atoms with Gasteiger partial charge >= 0.3 is 6.18 Å². The van der Waals surface area contributed by atoms with Crippen molar-refractivity contribution in [2.45, 2.75) is 25.1 Å². The molecule has 0 saturated heterocycles. The first-order valence-electron chi connectivity index (χ1n) is 4.78. The van der Waals surface area contributed by atoms with Crippen LogP contribution in [0.4, 0.5) is 17.6 Å². The minimum absolute atomic E-state index is 0.0663. The summed E-state index contributed by atoms with van der Waals surface area (Å²) in [5.74, 6) is 4.62. The van der Waals surface area contributed by atoms with Crippen LogP contribution in [-0.4, -0.2) is 12.2 Å². The Morgan fingerprint density at radius 3 is 2.47 bits per heavy atom. The van der Waals surface area contributed by atoms with Gasteiger partial charge in [-0.15, -0.1) is 0 Å². The molecule has 17 heavy (non-hydrogen) atoms. The highest BCUT2D eigenvalue weighted by atomic mass is 79.9. The molecule has 0 aliphatic rings. The van der Waals surface area contributed by atoms with Gasteiger partial charge in [0, 0.05) is 10.5 Å². The smallest absolute Gasteiger partial charge is 0.271 e. The van der Waals surface area contributed by atoms with Crippen molar-refractivity contribution in [3.8, 4) is 0 Å². The molecule has 2 nitrogen and oxygen atoms in total. The van der Waals surface area contributed by atoms with Crippen LogP contribution in [0.3, 0.4) is 0 Å². The van der Waals surface area contributed by atoms with Crippen LogP contribution in [-0.2, 0) is 6.42 Å². The van der Waals surface area contributed by atoms with Crippen molar-refractivity contribution in [3.05, 3.63) is 34.1 Å². The Kier molecular flexibility index (Phi) is 4.91. The third kappa shape index (κ3) is 5.01. The predicted octanol–water partition coefficient (Wildman–Crippen LogP) is 2.92. The van der Waals surface area contributed by atoms with Crippen molar-refractivity contribution in [1.82, 2.24) is 5.43 Å². The molecule has 1 unspecified atom stereocenters. The van der Waals surface area contributed by atoms with Gasteiger partial charge in [-0.3, -0.25) is 11.3 Å². The van der Waals surface area contributed by atoms with Crippen LogP contribution in [0.2, 0.25) is 0 Å². The van der Waals surface area contributed by atoms with Gasteiger partial charge in [0.25, 0.3) is 0 Å². The second-order valence-electron chi connectivity index (χ2n) is 3.62. The largest absolute Gasteiger partial charge is 0.390 e. The summed E-state index contributed by atoms with van der Waals surface area (Å²) in [4.78, 5) is 0. The van der Waals surface area contributed by atoms with Gasteiger partial charge < -0.3 is 0 Å². The number of halogens is 5. The molecular formula is C10H11BrF4N2. The Morgan fingerprint density at radius 2 is 2.00 bits per heavy atom. The molecule has 0 heterocycles. The molecule has 0 aliphatic heterocycles. The van der Waals surface area contributed by atoms with Gasteiger partial charge in [0.2, 0.25) is 0 Å². The van der Waals surface area contributed by atoms with Gasteiger partial charge in [0.15, 0.2) is 0 Å². The van der Waals surface area contributed by atoms with Crippen molar-refractivity contribution >= 4 is 15.9 Å². The zero-order chi connectivity index (χ0) is 13.1. The molecule has 1 aromatic rings. The molecule has 3 N–H and O–H groups in total. The first kappa shape index (κ1) is 14.4. The summed E-state index contributed by atoms with van der Waals surface area (Å²) in [6.45, 7) is 0. The van der Waals surface area contributed by atoms with E-state index in [0.29, 0.717) is 10.0 Å². The molecule has 1 atom stereocenters. The van der Waals surface area contributed by atoms with Crippen LogP contribution < -0.4 is 11.3 Å². The fourth-order valence-electron chi connectivity index (χ4n) is 1.42. The van der Waals surface area contributed by atoms with Gasteiger partial charge in [-0.1, -0.05) is 22.0 Å². The lowest BCUT2D eigenvalue weighted by molar-refractivity contribution is -0.140. The number of benzene rings is 1. The predicted molar refractivity (Wildman–Crippen MR) is 59.6 cm³/mol. The summed E-state index contributed by atoms with van der Waals surface area (Å²) in [7, 11) is 0. The molecule has 7 heteroatoms. The summed E-state index contributed by atoms with van der Waals surface area (Å²) in [6, 6.07) is 2.90. The molecule has 1 aromatic carbocycles. The van der Waals surface area contributed by atoms with Crippen molar-refractivity contribution in [3.63, 3.8) is 0 Å². The maximum Gasteiger partial charge on any atom is 0.390 e. The standard InChI is InChI=1S/C10H11BrF4N2/c11-9-4-7(12)2-1-6(9)3-8(17-16)5-10(13,14)15/h1-2,4,8,17H,3,5,16H2. The quantitative estimate of drug-likeness (QED) is 0.509. The van der Waals surface area contributed by atoms with Gasteiger partial charge in [-0.2, -0.15) is 13.2 Å². The molecule has 0 aliphatic carbocycles. The highest BCUT2D eigenvalue weighted by Gasteiger charge is 2.31. The minimum Gasteiger partial charge on any atom is -0.271 e. The summed E-state index contributed by atoms with van der Waals surface area (Å²) in [5, 5.41) is 0. The van der Waals surface area contributed by atoms with E-state index in [2.05, 4.69) is 21.4 Å². The number of hydrogen-bond donors (Lipinski definition) is 2. The highest BCUT2D eigenvalue weighted by Crippen LogP contribution is 2.25. The van der Waals surface area contributed by atoms with Gasteiger partial charge in [-0.25, -0.2) is 4.39 Å². The van der Waals surface area contributed by atoms with Crippen molar-refractivity contribution in [2.75, 3.05) is 0 Å². The topological polar surface area (TPSA) is 38.0 Å². The van der Waals surface area contributed by atoms with Crippen molar-refractivity contribution in [2.24, 2.45) is 5.84 Å². The van der Waals surface area contributed by atoms with E-state index in [1.54, 1.807) is 0 Å². The van der Waals surface area contributed by atoms with Gasteiger partial charge in [-0.05, 0) is 24.1 Å². The van der Waals surface area contributed by atoms with E-state index in [1.165, 1.54) is 18.2 Å². The second kappa shape index (κ2) is 5.79. The van der Waals surface area contributed by atoms with Crippen molar-refractivity contribution in [1.29, 1.82) is 0 Å². The zero-order valence-electron chi connectivity index (χ0n) is 8.69. The fraction of sp³-hybridized carbons (Fsp3) is 0.400. The number of nitrogens with two attached hydrogens (primary N) is 1. The first-order chi connectivity index (χ1) is 7.81. The average Bonchev–Trinajstić information content (AvgIpc) is 2.19. The van der Waals surface area contributed by atoms with Crippen LogP contribution in [0.15, 0.2) is 22.7 Å². The molecule has 0 saturated carbocycles. The Hall–Kier alpha value is -0.660. The molecule has 0 fully saturated rings. The van der Waals surface area contributed by atoms with Crippen LogP contribution in [0.5, 0.6) is 0 Å². The zero-order valence-corrected chi connectivity index (χ0v) is 10.3. The van der Waals surface area contributed by atoms with E-state index < -0.39 is 24.5 Å². The summed E-state index contributed by atoms with van der Waals surface area (Å²) >= 11 is 3.09. The normalized spacial score (nSPS) is 13.8. The number of hydrogen-bond acceptors (Lipinski definition) is 2. The van der Waals surface area contributed by atoms with E-state index in [9.17, 15) is 17.6 Å². The number of nitrogens with one attached hydrogen (secondary N) is 1. The molecule has 0 amide bonds. The van der Waals surface area contributed by atoms with Crippen LogP contribution >= 0.6 is 15.9 Å².